The van der Waals surface area contributed by atoms with E-state index in [1.807, 2.05) is 18.3 Å². The summed E-state index contributed by atoms with van der Waals surface area (Å²) in [5, 5.41) is 21.3. The number of carbonyl (C=O) groups is 4. The van der Waals surface area contributed by atoms with Crippen molar-refractivity contribution in [2.75, 3.05) is 92.9 Å². The van der Waals surface area contributed by atoms with Gasteiger partial charge in [0.05, 0.1) is 102 Å². The number of amides is 2. The van der Waals surface area contributed by atoms with E-state index in [1.54, 1.807) is 86.3 Å². The maximum absolute atomic E-state index is 13.8. The smallest absolute Gasteiger partial charge is 0.280 e. The van der Waals surface area contributed by atoms with Crippen molar-refractivity contribution in [2.45, 2.75) is 119 Å². The summed E-state index contributed by atoms with van der Waals surface area (Å²) in [4.78, 5) is 87.9. The van der Waals surface area contributed by atoms with Crippen molar-refractivity contribution in [3.63, 3.8) is 0 Å². The highest BCUT2D eigenvalue weighted by Gasteiger charge is 2.30. The number of hydrogen-bond donors (Lipinski definition) is 6. The third kappa shape index (κ3) is 17.3. The van der Waals surface area contributed by atoms with Crippen LogP contribution < -0.4 is 43.0 Å². The Kier molecular flexibility index (Phi) is 21.8. The Bertz CT molecular complexity index is 3010. The third-order valence-corrected chi connectivity index (χ3v) is 15.2. The Balaban J connectivity index is 1.21. The molecule has 6 rings (SSSR count). The summed E-state index contributed by atoms with van der Waals surface area (Å²) >= 11 is 0. The van der Waals surface area contributed by atoms with Gasteiger partial charge in [-0.25, -0.2) is 11.7 Å². The van der Waals surface area contributed by atoms with Crippen LogP contribution in [0.3, 0.4) is 0 Å². The molecule has 2 fully saturated rings. The van der Waals surface area contributed by atoms with E-state index in [0.29, 0.717) is 91.6 Å². The van der Waals surface area contributed by atoms with Crippen LogP contribution in [0.1, 0.15) is 131 Å². The number of carbonyl (C=O) groups excluding carboxylic acids is 4. The zero-order valence-corrected chi connectivity index (χ0v) is 49.8. The van der Waals surface area contributed by atoms with E-state index >= 15 is 0 Å². The number of amidine groups is 2. The van der Waals surface area contributed by atoms with E-state index in [2.05, 4.69) is 65.4 Å². The SMILES string of the molecule is COCCN1CCN(c2cncc(C(=N)CN(N)c3cc(C(=O)N=C(N)CC(=O)C(C)(C)C)cnc3C)c2)CCC1Cc1ncc(C(=O)N=C(N)CC(=O)C(C)(C)C)cc1N(N)CC(=N)c1cncc(N(C)C2CCN(C(C)C)CC2)c1. The van der Waals surface area contributed by atoms with Gasteiger partial charge in [-0.15, -0.1) is 0 Å². The highest BCUT2D eigenvalue weighted by Crippen LogP contribution is 2.29. The molecule has 0 aliphatic carbocycles. The van der Waals surface area contributed by atoms with Gasteiger partial charge in [0, 0.05) is 125 Å². The number of nitrogens with two attached hydrogens (primary N) is 4. The number of nitrogens with one attached hydrogen (secondary N) is 2. The van der Waals surface area contributed by atoms with Gasteiger partial charge in [0.15, 0.2) is 0 Å². The molecule has 2 saturated heterocycles. The number of likely N-dealkylation sites (tertiary alicyclic amines) is 1. The Labute approximate surface area is 482 Å². The lowest BCUT2D eigenvalue weighted by Gasteiger charge is -2.39. The molecule has 442 valence electrons. The molecule has 1 unspecified atom stereocenters. The Morgan fingerprint density at radius 3 is 1.80 bits per heavy atom. The molecular formula is C59H86N18O5. The van der Waals surface area contributed by atoms with E-state index in [-0.39, 0.29) is 77.8 Å². The Morgan fingerprint density at radius 1 is 0.707 bits per heavy atom. The number of pyridine rings is 4. The van der Waals surface area contributed by atoms with Crippen LogP contribution in [0.2, 0.25) is 0 Å². The molecule has 1 atom stereocenters. The first-order valence-electron chi connectivity index (χ1n) is 27.9. The number of hydrogen-bond acceptors (Lipinski definition) is 19. The second-order valence-corrected chi connectivity index (χ2v) is 23.7. The van der Waals surface area contributed by atoms with Crippen LogP contribution in [0.4, 0.5) is 22.7 Å². The first-order valence-corrected chi connectivity index (χ1v) is 27.9. The van der Waals surface area contributed by atoms with Gasteiger partial charge < -0.3 is 51.7 Å². The molecule has 0 spiro atoms. The van der Waals surface area contributed by atoms with Crippen LogP contribution in [0, 0.1) is 28.6 Å². The minimum Gasteiger partial charge on any atom is -0.387 e. The van der Waals surface area contributed by atoms with Crippen LogP contribution >= 0.6 is 0 Å². The summed E-state index contributed by atoms with van der Waals surface area (Å²) in [5.41, 5.74) is 16.3. The van der Waals surface area contributed by atoms with Crippen molar-refractivity contribution < 1.29 is 23.9 Å². The molecule has 0 saturated carbocycles. The zero-order valence-electron chi connectivity index (χ0n) is 49.8. The average Bonchev–Trinajstić information content (AvgIpc) is 3.84. The molecule has 23 nitrogen and oxygen atoms in total. The first-order chi connectivity index (χ1) is 38.6. The standard InChI is InChI=1S/C59H86N18O5/c1-37(2)73-15-12-43(13-16-73)72(10)45-22-39(29-66-33-45)48(61)36-77(65)51-25-42(57(81)71-55(63)28-53(79)59(7,8)9)32-69-49(51)26-44-14-17-74(18-19-75(44)20-21-82-11)46-23-40(30-67-34-46)47(60)35-76(64)50-24-41(31-68-38(50)3)56(80)70-54(62)27-52(78)58(4,5)6/h22-25,29-34,37,43-44,60-61H,12-21,26-28,35-36,64-65H2,1-11H3,(H2,62,70,80)(H2,63,71,81). The van der Waals surface area contributed by atoms with Crippen molar-refractivity contribution in [1.29, 1.82) is 10.8 Å². The second kappa shape index (κ2) is 28.0. The van der Waals surface area contributed by atoms with Gasteiger partial charge in [-0.2, -0.15) is 9.98 Å². The van der Waals surface area contributed by atoms with Crippen LogP contribution in [0.5, 0.6) is 0 Å². The summed E-state index contributed by atoms with van der Waals surface area (Å²) in [6, 6.07) is 7.79. The highest BCUT2D eigenvalue weighted by atomic mass is 16.5. The van der Waals surface area contributed by atoms with Gasteiger partial charge in [-0.05, 0) is 64.3 Å². The maximum Gasteiger partial charge on any atom is 0.280 e. The van der Waals surface area contributed by atoms with E-state index in [4.69, 9.17) is 38.3 Å². The minimum absolute atomic E-state index is 0.0409. The van der Waals surface area contributed by atoms with Crippen LogP contribution in [0.25, 0.3) is 0 Å². The summed E-state index contributed by atoms with van der Waals surface area (Å²) in [6.45, 7) is 21.7. The monoisotopic (exact) mass is 1130 g/mol. The quantitative estimate of drug-likeness (QED) is 0.0242. The van der Waals surface area contributed by atoms with Gasteiger partial charge in [-0.3, -0.25) is 44.0 Å². The van der Waals surface area contributed by atoms with E-state index in [0.717, 1.165) is 37.3 Å². The fourth-order valence-electron chi connectivity index (χ4n) is 9.75. The molecule has 4 aromatic heterocycles. The predicted molar refractivity (Wildman–Crippen MR) is 324 cm³/mol. The van der Waals surface area contributed by atoms with Gasteiger partial charge in [0.1, 0.15) is 23.2 Å². The number of ketones is 2. The molecule has 2 amide bonds. The average molecular weight is 1130 g/mol. The van der Waals surface area contributed by atoms with Crippen molar-refractivity contribution in [2.24, 2.45) is 44.0 Å². The number of hydrazine groups is 2. The molecule has 10 N–H and O–H groups in total. The Morgan fingerprint density at radius 2 is 1.24 bits per heavy atom. The van der Waals surface area contributed by atoms with Crippen molar-refractivity contribution in [1.82, 2.24) is 29.7 Å². The summed E-state index contributed by atoms with van der Waals surface area (Å²) in [7, 11) is 3.74. The largest absolute Gasteiger partial charge is 0.387 e. The first kappa shape index (κ1) is 63.7. The molecular weight excluding hydrogens is 1040 g/mol. The lowest BCUT2D eigenvalue weighted by Crippen LogP contribution is -2.45. The topological polar surface area (TPSA) is 325 Å². The molecule has 0 radical (unpaired) electrons. The second-order valence-electron chi connectivity index (χ2n) is 23.7. The number of aryl methyl sites for hydroxylation is 1. The van der Waals surface area contributed by atoms with Crippen molar-refractivity contribution >= 4 is 69.2 Å². The number of nitrogens with zero attached hydrogens (tertiary/aromatic N) is 12. The van der Waals surface area contributed by atoms with E-state index in [1.165, 1.54) is 22.4 Å². The lowest BCUT2D eigenvalue weighted by atomic mass is 9.89. The number of aromatic nitrogens is 4. The summed E-state index contributed by atoms with van der Waals surface area (Å²) in [6.07, 6.45) is 12.5. The molecule has 2 aliphatic heterocycles. The lowest BCUT2D eigenvalue weighted by molar-refractivity contribution is -0.125. The molecule has 23 heteroatoms. The van der Waals surface area contributed by atoms with Crippen LogP contribution in [-0.4, -0.2) is 167 Å². The minimum atomic E-state index is -0.676. The van der Waals surface area contributed by atoms with Gasteiger partial charge >= 0.3 is 0 Å². The summed E-state index contributed by atoms with van der Waals surface area (Å²) < 4.78 is 5.59. The van der Waals surface area contributed by atoms with Gasteiger partial charge in [0.25, 0.3) is 11.8 Å². The molecule has 4 aromatic rings. The Hall–Kier alpha value is -7.44. The highest BCUT2D eigenvalue weighted by molar-refractivity contribution is 6.10. The fourth-order valence-corrected chi connectivity index (χ4v) is 9.75. The number of aliphatic imine (C=N–C) groups is 2. The van der Waals surface area contributed by atoms with Crippen LogP contribution in [-0.2, 0) is 20.7 Å². The third-order valence-electron chi connectivity index (χ3n) is 15.2. The number of rotatable bonds is 23. The van der Waals surface area contributed by atoms with Crippen LogP contribution in [0.15, 0.2) is 71.4 Å². The maximum atomic E-state index is 13.8. The molecule has 0 bridgehead atoms. The predicted octanol–water partition coefficient (Wildman–Crippen LogP) is 5.16. The van der Waals surface area contributed by atoms with E-state index in [9.17, 15) is 24.6 Å². The van der Waals surface area contributed by atoms with Gasteiger partial charge in [-0.1, -0.05) is 41.5 Å². The number of anilines is 4. The van der Waals surface area contributed by atoms with Gasteiger partial charge in [0.2, 0.25) is 0 Å². The molecule has 2 aliphatic rings. The van der Waals surface area contributed by atoms with Crippen molar-refractivity contribution in [3.05, 3.63) is 95.1 Å². The molecule has 6 heterocycles. The van der Waals surface area contributed by atoms with E-state index < -0.39 is 22.6 Å². The zero-order chi connectivity index (χ0) is 60.2. The summed E-state index contributed by atoms with van der Waals surface area (Å²) in [5.74, 6) is 11.7. The molecule has 82 heavy (non-hydrogen) atoms. The normalized spacial score (nSPS) is 16.2. The number of piperidine rings is 1. The fraction of sp³-hybridized carbons (Fsp3) is 0.525. The number of methoxy groups -OCH3 is 1. The van der Waals surface area contributed by atoms with Crippen molar-refractivity contribution in [3.8, 4) is 0 Å². The molecule has 0 aromatic carbocycles. The number of ether oxygens (including phenoxy) is 1. The number of Topliss-reactive ketones (excluding diaryl/α,β-unsaturated/α-hetero) is 2.